The third-order valence-corrected chi connectivity index (χ3v) is 3.14. The predicted molar refractivity (Wildman–Crippen MR) is 74.8 cm³/mol. The number of nitrogens with two attached hydrogens (primary N) is 1. The van der Waals surface area contributed by atoms with Crippen molar-refractivity contribution in [3.8, 4) is 0 Å². The summed E-state index contributed by atoms with van der Waals surface area (Å²) in [6.45, 7) is 6.29. The van der Waals surface area contributed by atoms with Gasteiger partial charge in [-0.05, 0) is 25.8 Å². The van der Waals surface area contributed by atoms with Crippen molar-refractivity contribution in [2.75, 3.05) is 0 Å². The first-order chi connectivity index (χ1) is 8.56. The lowest BCUT2D eigenvalue weighted by atomic mass is 10.0. The topological polar surface area (TPSA) is 70.6 Å². The van der Waals surface area contributed by atoms with Crippen molar-refractivity contribution < 1.29 is 5.21 Å². The summed E-state index contributed by atoms with van der Waals surface area (Å²) in [4.78, 5) is 0. The van der Waals surface area contributed by atoms with Crippen LogP contribution in [0.1, 0.15) is 43.9 Å². The van der Waals surface area contributed by atoms with Crippen molar-refractivity contribution in [3.63, 3.8) is 0 Å². The van der Waals surface area contributed by atoms with E-state index >= 15 is 0 Å². The monoisotopic (exact) mass is 249 g/mol. The maximum atomic E-state index is 8.60. The maximum Gasteiger partial charge on any atom is 0.140 e. The number of amidine groups is 1. The van der Waals surface area contributed by atoms with Crippen LogP contribution >= 0.6 is 0 Å². The Kier molecular flexibility index (Phi) is 5.65. The van der Waals surface area contributed by atoms with Gasteiger partial charge in [0.1, 0.15) is 5.84 Å². The molecule has 0 heterocycles. The van der Waals surface area contributed by atoms with Gasteiger partial charge in [-0.1, -0.05) is 41.9 Å². The third-order valence-electron chi connectivity index (χ3n) is 3.14. The molecule has 4 nitrogen and oxygen atoms in total. The lowest BCUT2D eigenvalue weighted by molar-refractivity contribution is 0.315. The second-order valence-corrected chi connectivity index (χ2v) is 4.70. The zero-order chi connectivity index (χ0) is 13.5. The highest BCUT2D eigenvalue weighted by Gasteiger charge is 2.13. The van der Waals surface area contributed by atoms with Crippen LogP contribution in [-0.2, 0) is 0 Å². The second kappa shape index (κ2) is 7.01. The molecular formula is C14H23N3O. The SMILES string of the molecule is CCC(CC(N)=NO)NC(C)c1ccc(C)cc1. The van der Waals surface area contributed by atoms with Gasteiger partial charge >= 0.3 is 0 Å². The van der Waals surface area contributed by atoms with Gasteiger partial charge in [0.2, 0.25) is 0 Å². The molecule has 100 valence electrons. The summed E-state index contributed by atoms with van der Waals surface area (Å²) in [5, 5.41) is 15.1. The van der Waals surface area contributed by atoms with E-state index in [-0.39, 0.29) is 17.9 Å². The van der Waals surface area contributed by atoms with Crippen LogP contribution in [0.2, 0.25) is 0 Å². The molecule has 0 aromatic heterocycles. The van der Waals surface area contributed by atoms with Gasteiger partial charge in [-0.25, -0.2) is 0 Å². The summed E-state index contributed by atoms with van der Waals surface area (Å²) in [6, 6.07) is 8.95. The minimum absolute atomic E-state index is 0.220. The Bertz CT molecular complexity index is 387. The van der Waals surface area contributed by atoms with Crippen LogP contribution in [0.5, 0.6) is 0 Å². The number of hydrogen-bond acceptors (Lipinski definition) is 3. The molecule has 0 saturated heterocycles. The van der Waals surface area contributed by atoms with E-state index in [9.17, 15) is 0 Å². The summed E-state index contributed by atoms with van der Waals surface area (Å²) in [6.07, 6.45) is 1.50. The second-order valence-electron chi connectivity index (χ2n) is 4.70. The van der Waals surface area contributed by atoms with Crippen LogP contribution in [0.4, 0.5) is 0 Å². The molecule has 0 fully saturated rings. The fraction of sp³-hybridized carbons (Fsp3) is 0.500. The predicted octanol–water partition coefficient (Wildman–Crippen LogP) is 2.56. The fourth-order valence-electron chi connectivity index (χ4n) is 1.92. The van der Waals surface area contributed by atoms with Crippen LogP contribution in [-0.4, -0.2) is 17.1 Å². The summed E-state index contributed by atoms with van der Waals surface area (Å²) in [7, 11) is 0. The highest BCUT2D eigenvalue weighted by molar-refractivity contribution is 5.80. The van der Waals surface area contributed by atoms with Crippen molar-refractivity contribution in [1.29, 1.82) is 0 Å². The summed E-state index contributed by atoms with van der Waals surface area (Å²) in [5.41, 5.74) is 8.05. The quantitative estimate of drug-likeness (QED) is 0.314. The molecule has 4 N–H and O–H groups in total. The molecule has 2 atom stereocenters. The molecule has 4 heteroatoms. The van der Waals surface area contributed by atoms with Gasteiger partial charge in [-0.15, -0.1) is 0 Å². The van der Waals surface area contributed by atoms with Crippen LogP contribution in [0, 0.1) is 6.92 Å². The zero-order valence-electron chi connectivity index (χ0n) is 11.4. The lowest BCUT2D eigenvalue weighted by Crippen LogP contribution is -2.34. The number of hydrogen-bond donors (Lipinski definition) is 3. The van der Waals surface area contributed by atoms with Crippen LogP contribution in [0.25, 0.3) is 0 Å². The van der Waals surface area contributed by atoms with Gasteiger partial charge in [0.25, 0.3) is 0 Å². The number of benzene rings is 1. The molecular weight excluding hydrogens is 226 g/mol. The minimum Gasteiger partial charge on any atom is -0.409 e. The van der Waals surface area contributed by atoms with E-state index < -0.39 is 0 Å². The largest absolute Gasteiger partial charge is 0.409 e. The Labute approximate surface area is 109 Å². The van der Waals surface area contributed by atoms with Gasteiger partial charge in [-0.2, -0.15) is 0 Å². The average Bonchev–Trinajstić information content (AvgIpc) is 2.38. The smallest absolute Gasteiger partial charge is 0.140 e. The van der Waals surface area contributed by atoms with Crippen LogP contribution in [0.15, 0.2) is 29.4 Å². The molecule has 0 radical (unpaired) electrons. The molecule has 0 amide bonds. The lowest BCUT2D eigenvalue weighted by Gasteiger charge is -2.22. The average molecular weight is 249 g/mol. The number of rotatable bonds is 6. The Morgan fingerprint density at radius 1 is 1.39 bits per heavy atom. The number of nitrogens with zero attached hydrogens (tertiary/aromatic N) is 1. The van der Waals surface area contributed by atoms with Crippen molar-refractivity contribution in [3.05, 3.63) is 35.4 Å². The normalized spacial score (nSPS) is 15.4. The minimum atomic E-state index is 0.220. The van der Waals surface area contributed by atoms with Crippen LogP contribution in [0.3, 0.4) is 0 Å². The van der Waals surface area contributed by atoms with E-state index in [1.807, 2.05) is 0 Å². The third kappa shape index (κ3) is 4.37. The Morgan fingerprint density at radius 2 is 2.00 bits per heavy atom. The van der Waals surface area contributed by atoms with E-state index in [1.54, 1.807) is 0 Å². The van der Waals surface area contributed by atoms with Gasteiger partial charge in [0, 0.05) is 18.5 Å². The fourth-order valence-corrected chi connectivity index (χ4v) is 1.92. The first kappa shape index (κ1) is 14.5. The number of nitrogens with one attached hydrogen (secondary N) is 1. The standard InChI is InChI=1S/C14H23N3O/c1-4-13(9-14(15)17-18)16-11(3)12-7-5-10(2)6-8-12/h5-8,11,13,16,18H,4,9H2,1-3H3,(H2,15,17). The van der Waals surface area contributed by atoms with E-state index in [0.717, 1.165) is 6.42 Å². The van der Waals surface area contributed by atoms with E-state index in [2.05, 4.69) is 55.5 Å². The first-order valence-electron chi connectivity index (χ1n) is 6.35. The number of aryl methyl sites for hydroxylation is 1. The molecule has 1 aromatic rings. The van der Waals surface area contributed by atoms with Crippen molar-refractivity contribution in [1.82, 2.24) is 5.32 Å². The molecule has 1 rings (SSSR count). The Morgan fingerprint density at radius 3 is 2.50 bits per heavy atom. The molecule has 0 aliphatic heterocycles. The molecule has 0 saturated carbocycles. The van der Waals surface area contributed by atoms with E-state index in [4.69, 9.17) is 10.9 Å². The molecule has 18 heavy (non-hydrogen) atoms. The van der Waals surface area contributed by atoms with E-state index in [0.29, 0.717) is 6.42 Å². The summed E-state index contributed by atoms with van der Waals surface area (Å²) in [5.74, 6) is 0.269. The van der Waals surface area contributed by atoms with Crippen molar-refractivity contribution in [2.45, 2.75) is 45.7 Å². The molecule has 0 spiro atoms. The van der Waals surface area contributed by atoms with Crippen molar-refractivity contribution >= 4 is 5.84 Å². The van der Waals surface area contributed by atoms with E-state index in [1.165, 1.54) is 11.1 Å². The molecule has 0 bridgehead atoms. The van der Waals surface area contributed by atoms with Crippen molar-refractivity contribution in [2.24, 2.45) is 10.9 Å². The summed E-state index contributed by atoms with van der Waals surface area (Å²) >= 11 is 0. The summed E-state index contributed by atoms with van der Waals surface area (Å²) < 4.78 is 0. The highest BCUT2D eigenvalue weighted by Crippen LogP contribution is 2.15. The van der Waals surface area contributed by atoms with Crippen LogP contribution < -0.4 is 11.1 Å². The van der Waals surface area contributed by atoms with Gasteiger partial charge < -0.3 is 16.3 Å². The van der Waals surface area contributed by atoms with Gasteiger partial charge in [0.05, 0.1) is 0 Å². The Hall–Kier alpha value is -1.55. The molecule has 2 unspecified atom stereocenters. The number of oxime groups is 1. The first-order valence-corrected chi connectivity index (χ1v) is 6.35. The zero-order valence-corrected chi connectivity index (χ0v) is 11.4. The van der Waals surface area contributed by atoms with Gasteiger partial charge in [-0.3, -0.25) is 0 Å². The molecule has 0 aliphatic carbocycles. The maximum absolute atomic E-state index is 8.60. The van der Waals surface area contributed by atoms with Gasteiger partial charge in [0.15, 0.2) is 0 Å². The Balaban J connectivity index is 2.61. The molecule has 1 aromatic carbocycles. The molecule has 0 aliphatic rings. The highest BCUT2D eigenvalue weighted by atomic mass is 16.4.